The van der Waals surface area contributed by atoms with E-state index in [-0.39, 0.29) is 6.61 Å². The van der Waals surface area contributed by atoms with Crippen LogP contribution < -0.4 is 10.5 Å². The predicted octanol–water partition coefficient (Wildman–Crippen LogP) is 2.89. The lowest BCUT2D eigenvalue weighted by Gasteiger charge is -2.01. The van der Waals surface area contributed by atoms with Crippen LogP contribution in [0.25, 0.3) is 0 Å². The zero-order valence-corrected chi connectivity index (χ0v) is 10.9. The Morgan fingerprint density at radius 1 is 1.39 bits per heavy atom. The lowest BCUT2D eigenvalue weighted by atomic mass is 10.3. The molecule has 4 nitrogen and oxygen atoms in total. The number of anilines is 1. The van der Waals surface area contributed by atoms with Gasteiger partial charge in [-0.25, -0.2) is 4.39 Å². The van der Waals surface area contributed by atoms with Gasteiger partial charge in [-0.2, -0.15) is 0 Å². The van der Waals surface area contributed by atoms with Crippen LogP contribution in [-0.4, -0.2) is 18.4 Å². The summed E-state index contributed by atoms with van der Waals surface area (Å²) < 4.78 is 21.2. The van der Waals surface area contributed by atoms with E-state index in [4.69, 9.17) is 10.5 Å². The molecule has 2 N–H and O–H groups in total. The summed E-state index contributed by atoms with van der Waals surface area (Å²) in [7, 11) is 0. The number of ether oxygens (including phenoxy) is 1. The van der Waals surface area contributed by atoms with Crippen molar-refractivity contribution in [3.8, 4) is 5.75 Å². The van der Waals surface area contributed by atoms with Crippen molar-refractivity contribution in [3.63, 3.8) is 0 Å². The van der Waals surface area contributed by atoms with Crippen molar-refractivity contribution in [1.82, 2.24) is 5.16 Å². The third-order valence-electron chi connectivity index (χ3n) is 1.83. The second-order valence-electron chi connectivity index (χ2n) is 3.39. The fourth-order valence-corrected chi connectivity index (χ4v) is 1.23. The predicted molar refractivity (Wildman–Crippen MR) is 70.8 cm³/mol. The summed E-state index contributed by atoms with van der Waals surface area (Å²) >= 11 is 4.09. The normalized spacial score (nSPS) is 9.50. The summed E-state index contributed by atoms with van der Waals surface area (Å²) in [6.07, 6.45) is 0. The van der Waals surface area contributed by atoms with Crippen molar-refractivity contribution in [1.29, 1.82) is 0 Å². The highest BCUT2D eigenvalue weighted by atomic mass is 32.1. The van der Waals surface area contributed by atoms with Gasteiger partial charge < -0.3 is 15.0 Å². The van der Waals surface area contributed by atoms with Gasteiger partial charge in [0.15, 0.2) is 5.82 Å². The Morgan fingerprint density at radius 2 is 2.06 bits per heavy atom. The van der Waals surface area contributed by atoms with E-state index in [1.54, 1.807) is 37.3 Å². The molecule has 0 saturated heterocycles. The van der Waals surface area contributed by atoms with Gasteiger partial charge in [-0.1, -0.05) is 5.16 Å². The minimum Gasteiger partial charge on any atom is -0.491 e. The Kier molecular flexibility index (Phi) is 6.07. The maximum Gasteiger partial charge on any atom is 0.167 e. The zero-order valence-electron chi connectivity index (χ0n) is 9.97. The Balaban J connectivity index is 0.000000199. The maximum atomic E-state index is 11.6. The topological polar surface area (TPSA) is 61.3 Å². The van der Waals surface area contributed by atoms with E-state index in [1.807, 2.05) is 0 Å². The largest absolute Gasteiger partial charge is 0.491 e. The Morgan fingerprint density at radius 3 is 2.44 bits per heavy atom. The van der Waals surface area contributed by atoms with Crippen molar-refractivity contribution < 1.29 is 13.7 Å². The number of rotatable bonds is 3. The Bertz CT molecular complexity index is 443. The quantitative estimate of drug-likeness (QED) is 0.842. The SMILES string of the molecule is Cc1cc(N)no1.FCCOc1ccc(S)cc1. The second-order valence-corrected chi connectivity index (χ2v) is 3.91. The van der Waals surface area contributed by atoms with Crippen LogP contribution in [0.4, 0.5) is 10.2 Å². The van der Waals surface area contributed by atoms with Gasteiger partial charge >= 0.3 is 0 Å². The monoisotopic (exact) mass is 270 g/mol. The lowest BCUT2D eigenvalue weighted by Crippen LogP contribution is -1.97. The van der Waals surface area contributed by atoms with Gasteiger partial charge in [0.25, 0.3) is 0 Å². The summed E-state index contributed by atoms with van der Waals surface area (Å²) in [4.78, 5) is 0.873. The molecule has 1 aromatic heterocycles. The number of halogens is 1. The van der Waals surface area contributed by atoms with E-state index in [0.29, 0.717) is 11.6 Å². The van der Waals surface area contributed by atoms with Crippen LogP contribution in [0.2, 0.25) is 0 Å². The van der Waals surface area contributed by atoms with Gasteiger partial charge in [-0.15, -0.1) is 12.6 Å². The summed E-state index contributed by atoms with van der Waals surface area (Å²) in [5.74, 6) is 1.87. The van der Waals surface area contributed by atoms with Crippen molar-refractivity contribution in [2.24, 2.45) is 0 Å². The molecular weight excluding hydrogens is 255 g/mol. The molecule has 2 rings (SSSR count). The van der Waals surface area contributed by atoms with Crippen molar-refractivity contribution in [2.45, 2.75) is 11.8 Å². The third kappa shape index (κ3) is 5.58. The molecule has 0 atom stereocenters. The van der Waals surface area contributed by atoms with Gasteiger partial charge in [-0.3, -0.25) is 0 Å². The number of aryl methyl sites for hydroxylation is 1. The molecule has 0 aliphatic heterocycles. The number of thiol groups is 1. The molecular formula is C12H15FN2O2S. The minimum atomic E-state index is -0.456. The molecule has 2 aromatic rings. The van der Waals surface area contributed by atoms with Crippen LogP contribution in [0.1, 0.15) is 5.76 Å². The lowest BCUT2D eigenvalue weighted by molar-refractivity contribution is 0.273. The summed E-state index contributed by atoms with van der Waals surface area (Å²) in [6, 6.07) is 8.79. The number of alkyl halides is 1. The first-order valence-corrected chi connectivity index (χ1v) is 5.73. The first-order chi connectivity index (χ1) is 8.61. The Hall–Kier alpha value is -1.69. The van der Waals surface area contributed by atoms with E-state index in [9.17, 15) is 4.39 Å². The van der Waals surface area contributed by atoms with Crippen LogP contribution in [0, 0.1) is 6.92 Å². The fourth-order valence-electron chi connectivity index (χ4n) is 1.08. The molecule has 98 valence electrons. The fraction of sp³-hybridized carbons (Fsp3) is 0.250. The number of nitrogen functional groups attached to an aromatic ring is 1. The zero-order chi connectivity index (χ0) is 13.4. The highest BCUT2D eigenvalue weighted by Gasteiger charge is 1.91. The average Bonchev–Trinajstić information content (AvgIpc) is 2.73. The molecule has 18 heavy (non-hydrogen) atoms. The highest BCUT2D eigenvalue weighted by Crippen LogP contribution is 2.13. The van der Waals surface area contributed by atoms with Crippen LogP contribution in [0.5, 0.6) is 5.75 Å². The standard InChI is InChI=1S/C8H9FOS.C4H6N2O/c9-5-6-10-7-1-3-8(11)4-2-7;1-3-2-4(5)6-7-3/h1-4,11H,5-6H2;2H,1H3,(H2,5,6). The number of hydrogen-bond donors (Lipinski definition) is 2. The van der Waals surface area contributed by atoms with Crippen molar-refractivity contribution in [3.05, 3.63) is 36.1 Å². The van der Waals surface area contributed by atoms with Gasteiger partial charge in [0, 0.05) is 11.0 Å². The van der Waals surface area contributed by atoms with E-state index < -0.39 is 6.67 Å². The number of aromatic nitrogens is 1. The minimum absolute atomic E-state index is 0.117. The summed E-state index contributed by atoms with van der Waals surface area (Å²) in [5, 5.41) is 3.42. The van der Waals surface area contributed by atoms with Crippen molar-refractivity contribution in [2.75, 3.05) is 19.0 Å². The van der Waals surface area contributed by atoms with E-state index in [1.165, 1.54) is 0 Å². The van der Waals surface area contributed by atoms with Gasteiger partial charge in [0.2, 0.25) is 0 Å². The second kappa shape index (κ2) is 7.60. The number of nitrogens with two attached hydrogens (primary N) is 1. The van der Waals surface area contributed by atoms with E-state index in [0.717, 1.165) is 10.7 Å². The summed E-state index contributed by atoms with van der Waals surface area (Å²) in [5.41, 5.74) is 5.17. The molecule has 0 fully saturated rings. The molecule has 0 radical (unpaired) electrons. The highest BCUT2D eigenvalue weighted by molar-refractivity contribution is 7.80. The summed E-state index contributed by atoms with van der Waals surface area (Å²) in [6.45, 7) is 1.46. The third-order valence-corrected chi connectivity index (χ3v) is 2.13. The molecule has 0 saturated carbocycles. The average molecular weight is 270 g/mol. The number of benzene rings is 1. The Labute approximate surface area is 110 Å². The van der Waals surface area contributed by atoms with Crippen molar-refractivity contribution >= 4 is 18.4 Å². The molecule has 0 amide bonds. The number of hydrogen-bond acceptors (Lipinski definition) is 5. The van der Waals surface area contributed by atoms with Gasteiger partial charge in [0.1, 0.15) is 24.8 Å². The first-order valence-electron chi connectivity index (χ1n) is 5.28. The first kappa shape index (κ1) is 14.4. The maximum absolute atomic E-state index is 11.6. The molecule has 0 aliphatic rings. The van der Waals surface area contributed by atoms with E-state index >= 15 is 0 Å². The van der Waals surface area contributed by atoms with Crippen LogP contribution in [0.3, 0.4) is 0 Å². The molecule has 1 heterocycles. The molecule has 0 spiro atoms. The van der Waals surface area contributed by atoms with Gasteiger partial charge in [-0.05, 0) is 31.2 Å². The molecule has 0 bridgehead atoms. The van der Waals surface area contributed by atoms with E-state index in [2.05, 4.69) is 22.3 Å². The molecule has 0 aliphatic carbocycles. The van der Waals surface area contributed by atoms with Crippen LogP contribution in [0.15, 0.2) is 39.8 Å². The molecule has 6 heteroatoms. The van der Waals surface area contributed by atoms with Crippen LogP contribution >= 0.6 is 12.6 Å². The van der Waals surface area contributed by atoms with Gasteiger partial charge in [0.05, 0.1) is 0 Å². The smallest absolute Gasteiger partial charge is 0.167 e. The molecule has 0 unspecified atom stereocenters. The number of nitrogens with zero attached hydrogens (tertiary/aromatic N) is 1. The molecule has 1 aromatic carbocycles. The van der Waals surface area contributed by atoms with Crippen LogP contribution in [-0.2, 0) is 0 Å².